The second-order valence-corrected chi connectivity index (χ2v) is 18.7. The molecule has 0 saturated carbocycles. The molecule has 0 bridgehead atoms. The van der Waals surface area contributed by atoms with Gasteiger partial charge >= 0.3 is 0 Å². The van der Waals surface area contributed by atoms with Crippen LogP contribution < -0.4 is 0 Å². The second kappa shape index (κ2) is 17.8. The third-order valence-corrected chi connectivity index (χ3v) is 13.8. The van der Waals surface area contributed by atoms with Gasteiger partial charge in [-0.3, -0.25) is 9.78 Å². The number of allylic oxidation sites excluding steroid dienone is 2. The molecule has 6 heteroatoms. The smallest absolute Gasteiger partial charge is 0.164 e. The summed E-state index contributed by atoms with van der Waals surface area (Å²) in [5.41, 5.74) is 4.29. The van der Waals surface area contributed by atoms with E-state index in [-0.39, 0.29) is 47.9 Å². The molecule has 6 aromatic rings. The van der Waals surface area contributed by atoms with Crippen LogP contribution in [0.15, 0.2) is 84.8 Å². The van der Waals surface area contributed by atoms with Crippen molar-refractivity contribution in [2.24, 2.45) is 16.7 Å². The van der Waals surface area contributed by atoms with Gasteiger partial charge in [0, 0.05) is 68.1 Å². The van der Waals surface area contributed by atoms with Crippen LogP contribution in [0.25, 0.3) is 52.0 Å². The number of carbonyl (C=O) groups excluding carboxylic acids is 1. The van der Waals surface area contributed by atoms with Gasteiger partial charge in [-0.05, 0) is 84.0 Å². The van der Waals surface area contributed by atoms with Gasteiger partial charge in [-0.1, -0.05) is 117 Å². The van der Waals surface area contributed by atoms with Gasteiger partial charge in [0.15, 0.2) is 5.78 Å². The van der Waals surface area contributed by atoms with Crippen molar-refractivity contribution in [3.05, 3.63) is 102 Å². The molecule has 0 amide bonds. The Morgan fingerprint density at radius 2 is 1.44 bits per heavy atom. The van der Waals surface area contributed by atoms with E-state index in [0.29, 0.717) is 5.92 Å². The number of fused-ring (bicyclic) bond motifs is 3. The minimum Gasteiger partial charge on any atom is -0.512 e. The van der Waals surface area contributed by atoms with Crippen molar-refractivity contribution >= 4 is 59.4 Å². The number of carbonyl (C=O) groups is 1. The van der Waals surface area contributed by atoms with Crippen molar-refractivity contribution in [2.45, 2.75) is 114 Å². The van der Waals surface area contributed by atoms with Crippen LogP contribution in [0.2, 0.25) is 0 Å². The zero-order valence-electron chi connectivity index (χ0n) is 34.1. The number of nitrogens with zero attached hydrogens (tertiary/aromatic N) is 1. The molecule has 3 nitrogen and oxygen atoms in total. The van der Waals surface area contributed by atoms with Crippen LogP contribution in [0.1, 0.15) is 113 Å². The third-order valence-electron chi connectivity index (χ3n) is 11.3. The Hall–Kier alpha value is -3.15. The van der Waals surface area contributed by atoms with E-state index in [1.807, 2.05) is 70.4 Å². The molecule has 0 saturated heterocycles. The van der Waals surface area contributed by atoms with Crippen molar-refractivity contribution in [3.63, 3.8) is 0 Å². The molecule has 6 rings (SSSR count). The molecule has 3 aromatic heterocycles. The molecule has 289 valence electrons. The standard InChI is InChI=1S/C33H30NS2.C15H28O2.Ir/c1-20(2)14-21-10-11-28-24(15-21)19-29(35-28)30-18-23-12-13-34-31(32(23)36-30)25-16-22-8-6-7-9-26(22)27(17-25)33(3,4)5;1-7-14(5,8-2)12(16)11-13(17)15(6,9-3)10-4;/h6-13,15,17-20H,14H2,1-5H3;11,16H,7-10H2,1-6H3;/q-1;;/b;12-11-;. The van der Waals surface area contributed by atoms with Crippen molar-refractivity contribution in [1.82, 2.24) is 4.98 Å². The molecule has 0 atom stereocenters. The van der Waals surface area contributed by atoms with Gasteiger partial charge in [0.05, 0.1) is 0 Å². The number of aromatic nitrogens is 1. The van der Waals surface area contributed by atoms with E-state index in [9.17, 15) is 9.90 Å². The zero-order valence-corrected chi connectivity index (χ0v) is 38.1. The van der Waals surface area contributed by atoms with E-state index in [2.05, 4.69) is 107 Å². The van der Waals surface area contributed by atoms with Gasteiger partial charge in [0.1, 0.15) is 5.76 Å². The topological polar surface area (TPSA) is 50.2 Å². The summed E-state index contributed by atoms with van der Waals surface area (Å²) in [4.78, 5) is 19.7. The summed E-state index contributed by atoms with van der Waals surface area (Å²) in [7, 11) is 0. The van der Waals surface area contributed by atoms with Gasteiger partial charge in [-0.25, -0.2) is 0 Å². The number of rotatable bonds is 11. The monoisotopic (exact) mass is 937 g/mol. The summed E-state index contributed by atoms with van der Waals surface area (Å²) in [6.45, 7) is 23.5. The van der Waals surface area contributed by atoms with Gasteiger partial charge in [0.2, 0.25) is 0 Å². The maximum absolute atomic E-state index is 12.2. The number of hydrogen-bond acceptors (Lipinski definition) is 5. The number of aliphatic hydroxyl groups excluding tert-OH is 1. The Morgan fingerprint density at radius 3 is 2.07 bits per heavy atom. The number of thiophene rings is 2. The molecule has 0 aliphatic rings. The van der Waals surface area contributed by atoms with Crippen LogP contribution in [0.3, 0.4) is 0 Å². The summed E-state index contributed by atoms with van der Waals surface area (Å²) in [5.74, 6) is 0.952. The van der Waals surface area contributed by atoms with Crippen LogP contribution in [-0.4, -0.2) is 15.9 Å². The van der Waals surface area contributed by atoms with Crippen LogP contribution in [0.5, 0.6) is 0 Å². The van der Waals surface area contributed by atoms with E-state index in [1.54, 1.807) is 0 Å². The van der Waals surface area contributed by atoms with Gasteiger partial charge in [-0.2, -0.15) is 0 Å². The third kappa shape index (κ3) is 9.44. The van der Waals surface area contributed by atoms with Crippen LogP contribution in [-0.2, 0) is 36.7 Å². The number of aliphatic hydroxyl groups is 1. The van der Waals surface area contributed by atoms with Gasteiger partial charge in [-0.15, -0.1) is 51.8 Å². The fourth-order valence-electron chi connectivity index (χ4n) is 6.75. The van der Waals surface area contributed by atoms with Crippen LogP contribution >= 0.6 is 22.7 Å². The summed E-state index contributed by atoms with van der Waals surface area (Å²) < 4.78 is 2.59. The fraction of sp³-hybridized carbons (Fsp3) is 0.417. The first-order chi connectivity index (χ1) is 25.0. The molecule has 0 spiro atoms. The molecular formula is C48H58IrNO2S2-. The first-order valence-corrected chi connectivity index (χ1v) is 21.0. The molecule has 0 aliphatic carbocycles. The first-order valence-electron chi connectivity index (χ1n) is 19.4. The minimum atomic E-state index is -0.337. The Morgan fingerprint density at radius 1 is 0.815 bits per heavy atom. The number of hydrogen-bond donors (Lipinski definition) is 1. The normalized spacial score (nSPS) is 12.6. The molecule has 1 N–H and O–H groups in total. The maximum atomic E-state index is 12.2. The molecular weight excluding hydrogens is 879 g/mol. The Labute approximate surface area is 345 Å². The van der Waals surface area contributed by atoms with E-state index in [4.69, 9.17) is 4.98 Å². The predicted molar refractivity (Wildman–Crippen MR) is 233 cm³/mol. The Bertz CT molecular complexity index is 2240. The zero-order chi connectivity index (χ0) is 38.7. The molecule has 54 heavy (non-hydrogen) atoms. The molecule has 0 fully saturated rings. The van der Waals surface area contributed by atoms with Crippen LogP contribution in [0, 0.1) is 22.8 Å². The largest absolute Gasteiger partial charge is 0.512 e. The molecule has 0 unspecified atom stereocenters. The fourth-order valence-corrected chi connectivity index (χ4v) is 9.03. The van der Waals surface area contributed by atoms with E-state index >= 15 is 0 Å². The summed E-state index contributed by atoms with van der Waals surface area (Å²) in [5, 5.41) is 15.2. The Kier molecular flexibility index (Phi) is 14.3. The molecule has 3 heterocycles. The van der Waals surface area contributed by atoms with E-state index < -0.39 is 0 Å². The van der Waals surface area contributed by atoms with E-state index in [1.165, 1.54) is 52.5 Å². The van der Waals surface area contributed by atoms with Crippen molar-refractivity contribution in [2.75, 3.05) is 0 Å². The van der Waals surface area contributed by atoms with E-state index in [0.717, 1.165) is 48.7 Å². The first kappa shape index (κ1) is 43.6. The molecule has 3 aromatic carbocycles. The minimum absolute atomic E-state index is 0. The van der Waals surface area contributed by atoms with Gasteiger partial charge < -0.3 is 5.11 Å². The van der Waals surface area contributed by atoms with Crippen molar-refractivity contribution in [1.29, 1.82) is 0 Å². The summed E-state index contributed by atoms with van der Waals surface area (Å²) in [6, 6.07) is 28.4. The number of pyridine rings is 1. The Balaban J connectivity index is 0.000000309. The predicted octanol–water partition coefficient (Wildman–Crippen LogP) is 14.9. The number of benzene rings is 3. The SMILES string of the molecule is CC(C)Cc1ccc2sc(-c3cc4ccnc(-c5[c-]c6ccccc6c(C(C)(C)C)c5)c4s3)cc2c1.CCC(C)(CC)C(=O)/C=C(\O)C(C)(CC)CC.[Ir]. The van der Waals surface area contributed by atoms with Crippen LogP contribution in [0.4, 0.5) is 0 Å². The van der Waals surface area contributed by atoms with Gasteiger partial charge in [0.25, 0.3) is 0 Å². The second-order valence-electron chi connectivity index (χ2n) is 16.6. The average molecular weight is 937 g/mol. The summed E-state index contributed by atoms with van der Waals surface area (Å²) >= 11 is 3.73. The summed E-state index contributed by atoms with van der Waals surface area (Å²) in [6.07, 6.45) is 7.82. The molecule has 1 radical (unpaired) electrons. The van der Waals surface area contributed by atoms with Crippen molar-refractivity contribution in [3.8, 4) is 21.0 Å². The number of ketones is 1. The van der Waals surface area contributed by atoms with Crippen molar-refractivity contribution < 1.29 is 30.0 Å². The quantitative estimate of drug-likeness (QED) is 0.0800. The average Bonchev–Trinajstić information content (AvgIpc) is 3.77. The maximum Gasteiger partial charge on any atom is 0.164 e. The molecule has 0 aliphatic heterocycles.